The van der Waals surface area contributed by atoms with Gasteiger partial charge in [0.15, 0.2) is 5.65 Å². The molecule has 0 amide bonds. The van der Waals surface area contributed by atoms with Crippen molar-refractivity contribution in [3.05, 3.63) is 35.4 Å². The summed E-state index contributed by atoms with van der Waals surface area (Å²) < 4.78 is 43.4. The summed E-state index contributed by atoms with van der Waals surface area (Å²) in [6.07, 6.45) is -0.777. The number of hydrogen-bond donors (Lipinski definition) is 0. The van der Waals surface area contributed by atoms with Gasteiger partial charge in [0, 0.05) is 18.0 Å². The lowest BCUT2D eigenvalue weighted by Crippen LogP contribution is -2.17. The third kappa shape index (κ3) is 3.92. The van der Waals surface area contributed by atoms with Crippen molar-refractivity contribution in [3.63, 3.8) is 0 Å². The van der Waals surface area contributed by atoms with Crippen LogP contribution in [0.5, 0.6) is 5.75 Å². The summed E-state index contributed by atoms with van der Waals surface area (Å²) in [6.45, 7) is 6.24. The van der Waals surface area contributed by atoms with Gasteiger partial charge in [0.05, 0.1) is 5.02 Å². The minimum absolute atomic E-state index is 0.0943. The van der Waals surface area contributed by atoms with E-state index in [4.69, 9.17) is 16.6 Å². The predicted molar refractivity (Wildman–Crippen MR) is 101 cm³/mol. The molecule has 3 rings (SSSR count). The van der Waals surface area contributed by atoms with Crippen molar-refractivity contribution in [2.24, 2.45) is 0 Å². The molecule has 0 bridgehead atoms. The maximum atomic E-state index is 12.4. The molecule has 1 aromatic carbocycles. The van der Waals surface area contributed by atoms with Gasteiger partial charge in [-0.15, -0.1) is 13.2 Å². The van der Waals surface area contributed by atoms with E-state index in [1.807, 2.05) is 6.92 Å². The first kappa shape index (κ1) is 20.4. The van der Waals surface area contributed by atoms with Gasteiger partial charge in [0.2, 0.25) is 0 Å². The van der Waals surface area contributed by atoms with E-state index < -0.39 is 6.36 Å². The SMILES string of the molecule is CCc1nc2c(-c3ccc(OC(F)(F)F)cc3Cl)ncnc2n1C(CC)CC. The van der Waals surface area contributed by atoms with Gasteiger partial charge in [0.1, 0.15) is 29.1 Å². The smallest absolute Gasteiger partial charge is 0.406 e. The van der Waals surface area contributed by atoms with Gasteiger partial charge in [-0.1, -0.05) is 32.4 Å². The Morgan fingerprint density at radius 2 is 1.86 bits per heavy atom. The van der Waals surface area contributed by atoms with Crippen LogP contribution in [0.4, 0.5) is 13.2 Å². The molecule has 0 aliphatic heterocycles. The largest absolute Gasteiger partial charge is 0.573 e. The summed E-state index contributed by atoms with van der Waals surface area (Å²) in [6, 6.07) is 4.03. The fraction of sp³-hybridized carbons (Fsp3) is 0.421. The standard InChI is InChI=1S/C19H20ClF3N4O/c1-4-11(5-2)27-15(6-3)26-17-16(24-10-25-18(17)27)13-8-7-12(9-14(13)20)28-19(21,22)23/h7-11H,4-6H2,1-3H3. The van der Waals surface area contributed by atoms with Crippen LogP contribution in [0.1, 0.15) is 45.5 Å². The molecule has 0 atom stereocenters. The lowest BCUT2D eigenvalue weighted by Gasteiger charge is -2.17. The predicted octanol–water partition coefficient (Wildman–Crippen LogP) is 5.97. The molecule has 0 saturated carbocycles. The fourth-order valence-electron chi connectivity index (χ4n) is 3.32. The Morgan fingerprint density at radius 3 is 2.43 bits per heavy atom. The quantitative estimate of drug-likeness (QED) is 0.500. The van der Waals surface area contributed by atoms with E-state index in [0.717, 1.165) is 31.2 Å². The number of nitrogens with zero attached hydrogens (tertiary/aromatic N) is 4. The first-order chi connectivity index (χ1) is 13.3. The molecule has 5 nitrogen and oxygen atoms in total. The summed E-state index contributed by atoms with van der Waals surface area (Å²) in [5.74, 6) is 0.502. The molecule has 0 fully saturated rings. The summed E-state index contributed by atoms with van der Waals surface area (Å²) in [5.41, 5.74) is 2.23. The zero-order valence-corrected chi connectivity index (χ0v) is 16.5. The number of aryl methyl sites for hydroxylation is 1. The van der Waals surface area contributed by atoms with Crippen molar-refractivity contribution in [1.82, 2.24) is 19.5 Å². The van der Waals surface area contributed by atoms with Crippen molar-refractivity contribution < 1.29 is 17.9 Å². The van der Waals surface area contributed by atoms with Gasteiger partial charge in [-0.3, -0.25) is 0 Å². The third-order valence-electron chi connectivity index (χ3n) is 4.60. The number of imidazole rings is 1. The lowest BCUT2D eigenvalue weighted by molar-refractivity contribution is -0.274. The summed E-state index contributed by atoms with van der Waals surface area (Å²) >= 11 is 6.25. The van der Waals surface area contributed by atoms with E-state index in [2.05, 4.69) is 33.1 Å². The second kappa shape index (κ2) is 7.95. The van der Waals surface area contributed by atoms with Crippen molar-refractivity contribution in [3.8, 4) is 17.0 Å². The number of rotatable bonds is 6. The third-order valence-corrected chi connectivity index (χ3v) is 4.92. The molecule has 9 heteroatoms. The van der Waals surface area contributed by atoms with E-state index in [1.54, 1.807) is 0 Å². The second-order valence-electron chi connectivity index (χ2n) is 6.31. The average molecular weight is 413 g/mol. The van der Waals surface area contributed by atoms with Crippen molar-refractivity contribution in [2.75, 3.05) is 0 Å². The highest BCUT2D eigenvalue weighted by Crippen LogP contribution is 2.36. The highest BCUT2D eigenvalue weighted by atomic mass is 35.5. The second-order valence-corrected chi connectivity index (χ2v) is 6.71. The van der Waals surface area contributed by atoms with Crippen molar-refractivity contribution >= 4 is 22.8 Å². The zero-order chi connectivity index (χ0) is 20.5. The van der Waals surface area contributed by atoms with E-state index >= 15 is 0 Å². The van der Waals surface area contributed by atoms with E-state index in [1.165, 1.54) is 18.5 Å². The van der Waals surface area contributed by atoms with Gasteiger partial charge < -0.3 is 9.30 Å². The van der Waals surface area contributed by atoms with Crippen molar-refractivity contribution in [1.29, 1.82) is 0 Å². The van der Waals surface area contributed by atoms with Crippen LogP contribution >= 0.6 is 11.6 Å². The number of benzene rings is 1. The molecule has 2 heterocycles. The number of aromatic nitrogens is 4. The molecule has 28 heavy (non-hydrogen) atoms. The highest BCUT2D eigenvalue weighted by molar-refractivity contribution is 6.33. The average Bonchev–Trinajstić information content (AvgIpc) is 3.01. The Labute approximate surface area is 165 Å². The summed E-state index contributed by atoms with van der Waals surface area (Å²) in [5, 5.41) is 0.0943. The van der Waals surface area contributed by atoms with E-state index in [-0.39, 0.29) is 16.8 Å². The molecule has 0 radical (unpaired) electrons. The monoisotopic (exact) mass is 412 g/mol. The normalized spacial score (nSPS) is 12.1. The van der Waals surface area contributed by atoms with Crippen LogP contribution in [-0.4, -0.2) is 25.9 Å². The van der Waals surface area contributed by atoms with Crippen LogP contribution in [0.15, 0.2) is 24.5 Å². The fourth-order valence-corrected chi connectivity index (χ4v) is 3.58. The molecule has 150 valence electrons. The molecule has 0 aliphatic carbocycles. The summed E-state index contributed by atoms with van der Waals surface area (Å²) in [7, 11) is 0. The Morgan fingerprint density at radius 1 is 1.14 bits per heavy atom. The molecule has 2 aromatic heterocycles. The molecular weight excluding hydrogens is 393 g/mol. The number of hydrogen-bond acceptors (Lipinski definition) is 4. The first-order valence-corrected chi connectivity index (χ1v) is 9.44. The Balaban J connectivity index is 2.14. The maximum absolute atomic E-state index is 12.4. The Hall–Kier alpha value is -2.35. The molecule has 0 unspecified atom stereocenters. The van der Waals surface area contributed by atoms with E-state index in [0.29, 0.717) is 22.4 Å². The van der Waals surface area contributed by atoms with Crippen molar-refractivity contribution in [2.45, 2.75) is 52.4 Å². The highest BCUT2D eigenvalue weighted by Gasteiger charge is 2.31. The van der Waals surface area contributed by atoms with E-state index in [9.17, 15) is 13.2 Å². The lowest BCUT2D eigenvalue weighted by atomic mass is 10.1. The number of alkyl halides is 3. The van der Waals surface area contributed by atoms with Crippen LogP contribution in [0.3, 0.4) is 0 Å². The molecule has 0 N–H and O–H groups in total. The van der Waals surface area contributed by atoms with Gasteiger partial charge in [-0.2, -0.15) is 0 Å². The van der Waals surface area contributed by atoms with Crippen LogP contribution in [-0.2, 0) is 6.42 Å². The minimum Gasteiger partial charge on any atom is -0.406 e. The number of halogens is 4. The van der Waals surface area contributed by atoms with Gasteiger partial charge in [-0.25, -0.2) is 15.0 Å². The topological polar surface area (TPSA) is 52.8 Å². The number of fused-ring (bicyclic) bond motifs is 1. The van der Waals surface area contributed by atoms with Crippen LogP contribution < -0.4 is 4.74 Å². The maximum Gasteiger partial charge on any atom is 0.573 e. The van der Waals surface area contributed by atoms with Crippen LogP contribution in [0.2, 0.25) is 5.02 Å². The number of ether oxygens (including phenoxy) is 1. The van der Waals surface area contributed by atoms with Crippen LogP contribution in [0.25, 0.3) is 22.4 Å². The molecular formula is C19H20ClF3N4O. The van der Waals surface area contributed by atoms with Gasteiger partial charge >= 0.3 is 6.36 Å². The molecule has 0 saturated heterocycles. The minimum atomic E-state index is -4.78. The zero-order valence-electron chi connectivity index (χ0n) is 15.7. The molecule has 0 spiro atoms. The van der Waals surface area contributed by atoms with Gasteiger partial charge in [-0.05, 0) is 31.0 Å². The summed E-state index contributed by atoms with van der Waals surface area (Å²) in [4.78, 5) is 13.4. The first-order valence-electron chi connectivity index (χ1n) is 9.06. The van der Waals surface area contributed by atoms with Gasteiger partial charge in [0.25, 0.3) is 0 Å². The Bertz CT molecular complexity index is 983. The molecule has 3 aromatic rings. The van der Waals surface area contributed by atoms with Crippen LogP contribution in [0, 0.1) is 0 Å². The molecule has 0 aliphatic rings. The Kier molecular flexibility index (Phi) is 5.79.